The second kappa shape index (κ2) is 9.97. The molecule has 150 valence electrons. The van der Waals surface area contributed by atoms with Gasteiger partial charge >= 0.3 is 6.61 Å². The molecule has 3 rings (SSSR count). The molecule has 0 atom stereocenters. The van der Waals surface area contributed by atoms with Crippen molar-refractivity contribution in [2.45, 2.75) is 32.8 Å². The minimum atomic E-state index is -2.88. The van der Waals surface area contributed by atoms with Gasteiger partial charge in [0.2, 0.25) is 0 Å². The molecule has 4 heteroatoms. The van der Waals surface area contributed by atoms with Crippen LogP contribution in [-0.4, -0.2) is 6.61 Å². The molecule has 29 heavy (non-hydrogen) atoms. The van der Waals surface area contributed by atoms with Crippen LogP contribution in [0.5, 0.6) is 5.75 Å². The maximum Gasteiger partial charge on any atom is 0.387 e. The molecule has 0 saturated carbocycles. The van der Waals surface area contributed by atoms with Crippen LogP contribution in [0.15, 0.2) is 78.9 Å². The Kier molecular flexibility index (Phi) is 7.12. The van der Waals surface area contributed by atoms with Gasteiger partial charge in [-0.15, -0.1) is 0 Å². The quantitative estimate of drug-likeness (QED) is 0.355. The fourth-order valence-corrected chi connectivity index (χ4v) is 3.14. The summed E-state index contributed by atoms with van der Waals surface area (Å²) in [6.07, 6.45) is 7.40. The highest BCUT2D eigenvalue weighted by molar-refractivity contribution is 5.71. The van der Waals surface area contributed by atoms with Crippen molar-refractivity contribution in [2.75, 3.05) is 0 Å². The Morgan fingerprint density at radius 3 is 2.10 bits per heavy atom. The number of benzene rings is 3. The van der Waals surface area contributed by atoms with Gasteiger partial charge in [0.1, 0.15) is 11.6 Å². The molecule has 0 unspecified atom stereocenters. The van der Waals surface area contributed by atoms with E-state index in [0.29, 0.717) is 11.1 Å². The monoisotopic (exact) mass is 396 g/mol. The predicted octanol–water partition coefficient (Wildman–Crippen LogP) is 7.66. The number of alkyl halides is 2. The molecule has 1 nitrogen and oxygen atoms in total. The largest absolute Gasteiger partial charge is 0.435 e. The number of halogens is 3. The van der Waals surface area contributed by atoms with Gasteiger partial charge in [0, 0.05) is 5.56 Å². The van der Waals surface area contributed by atoms with Gasteiger partial charge in [-0.3, -0.25) is 0 Å². The van der Waals surface area contributed by atoms with Crippen LogP contribution in [0.2, 0.25) is 0 Å². The van der Waals surface area contributed by atoms with Gasteiger partial charge in [-0.05, 0) is 59.7 Å². The summed E-state index contributed by atoms with van der Waals surface area (Å²) in [4.78, 5) is 0. The molecular weight excluding hydrogens is 373 g/mol. The number of hydrogen-bond donors (Lipinski definition) is 0. The number of aryl methyl sites for hydroxylation is 1. The molecule has 0 amide bonds. The molecule has 0 spiro atoms. The van der Waals surface area contributed by atoms with Crippen LogP contribution >= 0.6 is 0 Å². The Balaban J connectivity index is 1.73. The lowest BCUT2D eigenvalue weighted by molar-refractivity contribution is -0.0498. The van der Waals surface area contributed by atoms with Gasteiger partial charge in [0.15, 0.2) is 0 Å². The average Bonchev–Trinajstić information content (AvgIpc) is 2.72. The van der Waals surface area contributed by atoms with E-state index < -0.39 is 6.61 Å². The zero-order chi connectivity index (χ0) is 20.6. The molecule has 0 aromatic heterocycles. The molecule has 0 N–H and O–H groups in total. The van der Waals surface area contributed by atoms with E-state index in [4.69, 9.17) is 0 Å². The van der Waals surface area contributed by atoms with Crippen LogP contribution in [0, 0.1) is 5.82 Å². The lowest BCUT2D eigenvalue weighted by Crippen LogP contribution is -2.01. The van der Waals surface area contributed by atoms with Crippen LogP contribution in [0.4, 0.5) is 13.2 Å². The molecule has 0 aliphatic carbocycles. The van der Waals surface area contributed by atoms with Gasteiger partial charge in [0.25, 0.3) is 0 Å². The Bertz CT molecular complexity index is 945. The number of hydrogen-bond acceptors (Lipinski definition) is 1. The predicted molar refractivity (Wildman–Crippen MR) is 112 cm³/mol. The van der Waals surface area contributed by atoms with Gasteiger partial charge < -0.3 is 4.74 Å². The Morgan fingerprint density at radius 1 is 0.828 bits per heavy atom. The Hall–Kier alpha value is -3.01. The summed E-state index contributed by atoms with van der Waals surface area (Å²) >= 11 is 0. The zero-order valence-electron chi connectivity index (χ0n) is 16.2. The number of rotatable bonds is 8. The summed E-state index contributed by atoms with van der Waals surface area (Å²) in [5.41, 5.74) is 4.01. The van der Waals surface area contributed by atoms with Crippen LogP contribution in [0.3, 0.4) is 0 Å². The molecule has 0 saturated heterocycles. The van der Waals surface area contributed by atoms with Crippen molar-refractivity contribution in [3.05, 3.63) is 90.3 Å². The third kappa shape index (κ3) is 5.74. The van der Waals surface area contributed by atoms with E-state index in [9.17, 15) is 13.2 Å². The van der Waals surface area contributed by atoms with E-state index in [0.717, 1.165) is 30.4 Å². The third-order valence-corrected chi connectivity index (χ3v) is 4.65. The van der Waals surface area contributed by atoms with Crippen LogP contribution in [0.25, 0.3) is 22.3 Å². The van der Waals surface area contributed by atoms with Crippen molar-refractivity contribution in [1.29, 1.82) is 0 Å². The van der Waals surface area contributed by atoms with Gasteiger partial charge in [-0.2, -0.15) is 8.78 Å². The van der Waals surface area contributed by atoms with E-state index >= 15 is 0 Å². The van der Waals surface area contributed by atoms with E-state index in [2.05, 4.69) is 35.9 Å². The third-order valence-electron chi connectivity index (χ3n) is 4.65. The highest BCUT2D eigenvalue weighted by Gasteiger charge is 2.09. The number of ether oxygens (including phenoxy) is 1. The molecule has 0 aliphatic rings. The Morgan fingerprint density at radius 2 is 1.48 bits per heavy atom. The molecule has 0 fully saturated rings. The van der Waals surface area contributed by atoms with Crippen molar-refractivity contribution >= 4 is 0 Å². The number of allylic oxidation sites excluding steroid dienone is 2. The van der Waals surface area contributed by atoms with Crippen LogP contribution in [-0.2, 0) is 6.42 Å². The molecule has 3 aromatic rings. The minimum absolute atomic E-state index is 0.0473. The van der Waals surface area contributed by atoms with Crippen molar-refractivity contribution in [3.8, 4) is 28.0 Å². The van der Waals surface area contributed by atoms with E-state index in [1.165, 1.54) is 23.8 Å². The lowest BCUT2D eigenvalue weighted by atomic mass is 9.98. The van der Waals surface area contributed by atoms with Crippen molar-refractivity contribution in [1.82, 2.24) is 0 Å². The standard InChI is InChI=1S/C25H23F3O/c1-2-3-4-5-6-18-7-9-19(10-8-18)21-13-16-23(24(26)17-21)20-11-14-22(15-12-20)29-25(27)28/h3-4,7-17,25H,2,5-6H2,1H3. The summed E-state index contributed by atoms with van der Waals surface area (Å²) in [6.45, 7) is -0.761. The summed E-state index contributed by atoms with van der Waals surface area (Å²) in [5.74, 6) is -0.315. The van der Waals surface area contributed by atoms with Crippen molar-refractivity contribution < 1.29 is 17.9 Å². The van der Waals surface area contributed by atoms with Crippen molar-refractivity contribution in [2.24, 2.45) is 0 Å². The van der Waals surface area contributed by atoms with Crippen molar-refractivity contribution in [3.63, 3.8) is 0 Å². The normalized spacial score (nSPS) is 11.3. The first-order valence-corrected chi connectivity index (χ1v) is 9.66. The molecule has 3 aromatic carbocycles. The average molecular weight is 396 g/mol. The minimum Gasteiger partial charge on any atom is -0.435 e. The second-order valence-corrected chi connectivity index (χ2v) is 6.71. The van der Waals surface area contributed by atoms with E-state index in [-0.39, 0.29) is 11.6 Å². The molecule has 0 aliphatic heterocycles. The fourth-order valence-electron chi connectivity index (χ4n) is 3.14. The summed E-state index contributed by atoms with van der Waals surface area (Å²) < 4.78 is 43.5. The topological polar surface area (TPSA) is 9.23 Å². The second-order valence-electron chi connectivity index (χ2n) is 6.71. The highest BCUT2D eigenvalue weighted by atomic mass is 19.3. The zero-order valence-corrected chi connectivity index (χ0v) is 16.2. The van der Waals surface area contributed by atoms with Crippen LogP contribution in [0.1, 0.15) is 25.3 Å². The first-order chi connectivity index (χ1) is 14.1. The fraction of sp³-hybridized carbons (Fsp3) is 0.200. The maximum atomic E-state index is 14.7. The van der Waals surface area contributed by atoms with Crippen LogP contribution < -0.4 is 4.74 Å². The molecule has 0 bridgehead atoms. The highest BCUT2D eigenvalue weighted by Crippen LogP contribution is 2.29. The van der Waals surface area contributed by atoms with E-state index in [1.807, 2.05) is 18.2 Å². The maximum absolute atomic E-state index is 14.7. The first-order valence-electron chi connectivity index (χ1n) is 9.66. The van der Waals surface area contributed by atoms with Gasteiger partial charge in [-0.25, -0.2) is 4.39 Å². The van der Waals surface area contributed by atoms with Gasteiger partial charge in [0.05, 0.1) is 0 Å². The SMILES string of the molecule is CCC=CCCc1ccc(-c2ccc(-c3ccc(OC(F)F)cc3)c(F)c2)cc1. The summed E-state index contributed by atoms with van der Waals surface area (Å²) in [5, 5.41) is 0. The lowest BCUT2D eigenvalue weighted by Gasteiger charge is -2.09. The Labute approximate surface area is 169 Å². The smallest absolute Gasteiger partial charge is 0.387 e. The molecule has 0 heterocycles. The molecule has 0 radical (unpaired) electrons. The summed E-state index contributed by atoms with van der Waals surface area (Å²) in [7, 11) is 0. The summed E-state index contributed by atoms with van der Waals surface area (Å²) in [6, 6.07) is 19.2. The first kappa shape index (κ1) is 20.7. The molecular formula is C25H23F3O. The van der Waals surface area contributed by atoms with E-state index in [1.54, 1.807) is 18.2 Å². The van der Waals surface area contributed by atoms with Gasteiger partial charge in [-0.1, -0.05) is 67.6 Å².